The molecule has 1 aromatic carbocycles. The average Bonchev–Trinajstić information content (AvgIpc) is 3.38. The van der Waals surface area contributed by atoms with Crippen molar-refractivity contribution in [2.24, 2.45) is 4.99 Å². The molecule has 4 rings (SSSR count). The third-order valence-electron chi connectivity index (χ3n) is 5.77. The second-order valence-corrected chi connectivity index (χ2v) is 7.78. The summed E-state index contributed by atoms with van der Waals surface area (Å²) in [5.74, 6) is 2.62. The molecule has 2 heterocycles. The van der Waals surface area contributed by atoms with Gasteiger partial charge in [0.15, 0.2) is 17.5 Å². The van der Waals surface area contributed by atoms with Crippen LogP contribution in [-0.4, -0.2) is 70.1 Å². The molecule has 1 saturated carbocycles. The van der Waals surface area contributed by atoms with Crippen LogP contribution in [0.1, 0.15) is 31.7 Å². The third kappa shape index (κ3) is 4.70. The first-order valence-corrected chi connectivity index (χ1v) is 10.5. The molecule has 1 aromatic rings. The Hall–Kier alpha value is -1.99. The molecule has 154 valence electrons. The molecule has 0 spiro atoms. The summed E-state index contributed by atoms with van der Waals surface area (Å²) in [6.07, 6.45) is 3.46. The zero-order chi connectivity index (χ0) is 19.2. The third-order valence-corrected chi connectivity index (χ3v) is 5.77. The predicted octanol–water partition coefficient (Wildman–Crippen LogP) is 1.72. The van der Waals surface area contributed by atoms with Crippen LogP contribution in [0.2, 0.25) is 0 Å². The molecule has 3 aliphatic rings. The molecule has 0 amide bonds. The van der Waals surface area contributed by atoms with E-state index in [9.17, 15) is 0 Å². The van der Waals surface area contributed by atoms with Crippen LogP contribution in [-0.2, 0) is 10.2 Å². The van der Waals surface area contributed by atoms with E-state index in [1.807, 2.05) is 6.07 Å². The van der Waals surface area contributed by atoms with Crippen LogP contribution < -0.4 is 20.1 Å². The Morgan fingerprint density at radius 1 is 1.14 bits per heavy atom. The van der Waals surface area contributed by atoms with Gasteiger partial charge in [0.25, 0.3) is 0 Å². The molecular formula is C21H32N4O3. The van der Waals surface area contributed by atoms with Gasteiger partial charge in [-0.25, -0.2) is 0 Å². The summed E-state index contributed by atoms with van der Waals surface area (Å²) in [7, 11) is 0. The van der Waals surface area contributed by atoms with Gasteiger partial charge in [-0.05, 0) is 50.4 Å². The Morgan fingerprint density at radius 3 is 2.75 bits per heavy atom. The highest BCUT2D eigenvalue weighted by atomic mass is 16.7. The van der Waals surface area contributed by atoms with Crippen molar-refractivity contribution in [3.8, 4) is 11.5 Å². The number of morpholine rings is 1. The first kappa shape index (κ1) is 19.3. The Morgan fingerprint density at radius 2 is 1.96 bits per heavy atom. The molecule has 7 heteroatoms. The SMILES string of the molecule is CCNC(=NCC1(c2ccc3c(c2)OCO3)CC1)NCCCN1CCOCC1. The lowest BCUT2D eigenvalue weighted by Crippen LogP contribution is -2.41. The van der Waals surface area contributed by atoms with Crippen molar-refractivity contribution in [1.29, 1.82) is 0 Å². The average molecular weight is 389 g/mol. The van der Waals surface area contributed by atoms with Crippen molar-refractivity contribution in [2.75, 3.05) is 59.3 Å². The summed E-state index contributed by atoms with van der Waals surface area (Å²) in [6, 6.07) is 6.32. The zero-order valence-corrected chi connectivity index (χ0v) is 16.8. The van der Waals surface area contributed by atoms with Crippen LogP contribution >= 0.6 is 0 Å². The molecule has 28 heavy (non-hydrogen) atoms. The van der Waals surface area contributed by atoms with E-state index in [0.29, 0.717) is 6.79 Å². The van der Waals surface area contributed by atoms with Gasteiger partial charge in [0.2, 0.25) is 6.79 Å². The standard InChI is InChI=1S/C21H32N4O3/c1-2-22-20(23-8-3-9-25-10-12-26-13-11-25)24-15-21(6-7-21)17-4-5-18-19(14-17)28-16-27-18/h4-5,14H,2-3,6-13,15-16H2,1H3,(H2,22,23,24). The van der Waals surface area contributed by atoms with Crippen LogP contribution in [0.4, 0.5) is 0 Å². The molecule has 0 unspecified atom stereocenters. The van der Waals surface area contributed by atoms with Gasteiger partial charge in [-0.3, -0.25) is 9.89 Å². The van der Waals surface area contributed by atoms with Crippen LogP contribution in [0.3, 0.4) is 0 Å². The molecule has 2 aliphatic heterocycles. The van der Waals surface area contributed by atoms with Gasteiger partial charge in [0.05, 0.1) is 19.8 Å². The van der Waals surface area contributed by atoms with Gasteiger partial charge in [-0.1, -0.05) is 6.07 Å². The predicted molar refractivity (Wildman–Crippen MR) is 109 cm³/mol. The lowest BCUT2D eigenvalue weighted by Gasteiger charge is -2.26. The van der Waals surface area contributed by atoms with Crippen molar-refractivity contribution in [3.63, 3.8) is 0 Å². The number of nitrogens with zero attached hydrogens (tertiary/aromatic N) is 2. The summed E-state index contributed by atoms with van der Waals surface area (Å²) >= 11 is 0. The fraction of sp³-hybridized carbons (Fsp3) is 0.667. The van der Waals surface area contributed by atoms with Crippen LogP contribution in [0.15, 0.2) is 23.2 Å². The number of benzene rings is 1. The van der Waals surface area contributed by atoms with Crippen molar-refractivity contribution in [3.05, 3.63) is 23.8 Å². The molecule has 1 aliphatic carbocycles. The van der Waals surface area contributed by atoms with E-state index in [0.717, 1.165) is 76.4 Å². The molecule has 2 fully saturated rings. The maximum Gasteiger partial charge on any atom is 0.231 e. The molecular weight excluding hydrogens is 356 g/mol. The maximum absolute atomic E-state index is 5.55. The fourth-order valence-electron chi connectivity index (χ4n) is 3.82. The number of rotatable bonds is 8. The molecule has 1 saturated heterocycles. The second-order valence-electron chi connectivity index (χ2n) is 7.78. The fourth-order valence-corrected chi connectivity index (χ4v) is 3.82. The number of hydrogen-bond acceptors (Lipinski definition) is 5. The summed E-state index contributed by atoms with van der Waals surface area (Å²) in [4.78, 5) is 7.36. The zero-order valence-electron chi connectivity index (χ0n) is 16.8. The van der Waals surface area contributed by atoms with Gasteiger partial charge in [0, 0.05) is 31.6 Å². The van der Waals surface area contributed by atoms with Crippen molar-refractivity contribution < 1.29 is 14.2 Å². The van der Waals surface area contributed by atoms with E-state index in [4.69, 9.17) is 19.2 Å². The number of hydrogen-bond donors (Lipinski definition) is 2. The second kappa shape index (κ2) is 9.01. The number of aliphatic imine (C=N–C) groups is 1. The minimum absolute atomic E-state index is 0.150. The maximum atomic E-state index is 5.55. The van der Waals surface area contributed by atoms with Crippen molar-refractivity contribution in [1.82, 2.24) is 15.5 Å². The topological polar surface area (TPSA) is 67.4 Å². The molecule has 0 radical (unpaired) electrons. The highest BCUT2D eigenvalue weighted by molar-refractivity contribution is 5.79. The minimum Gasteiger partial charge on any atom is -0.454 e. The smallest absolute Gasteiger partial charge is 0.231 e. The summed E-state index contributed by atoms with van der Waals surface area (Å²) in [5.41, 5.74) is 1.46. The van der Waals surface area contributed by atoms with E-state index in [1.165, 1.54) is 18.4 Å². The highest BCUT2D eigenvalue weighted by Crippen LogP contribution is 2.50. The Labute approximate surface area is 167 Å². The van der Waals surface area contributed by atoms with Crippen LogP contribution in [0, 0.1) is 0 Å². The van der Waals surface area contributed by atoms with Gasteiger partial charge >= 0.3 is 0 Å². The first-order valence-electron chi connectivity index (χ1n) is 10.5. The number of ether oxygens (including phenoxy) is 3. The Kier molecular flexibility index (Phi) is 6.22. The summed E-state index contributed by atoms with van der Waals surface area (Å²) in [6.45, 7) is 9.95. The largest absolute Gasteiger partial charge is 0.454 e. The number of guanidine groups is 1. The summed E-state index contributed by atoms with van der Waals surface area (Å²) in [5, 5.41) is 6.87. The van der Waals surface area contributed by atoms with Gasteiger partial charge < -0.3 is 24.8 Å². The Bertz CT molecular complexity index is 684. The van der Waals surface area contributed by atoms with E-state index in [1.54, 1.807) is 0 Å². The van der Waals surface area contributed by atoms with Crippen molar-refractivity contribution >= 4 is 5.96 Å². The molecule has 7 nitrogen and oxygen atoms in total. The van der Waals surface area contributed by atoms with E-state index < -0.39 is 0 Å². The van der Waals surface area contributed by atoms with E-state index in [-0.39, 0.29) is 5.41 Å². The lowest BCUT2D eigenvalue weighted by atomic mass is 9.96. The molecule has 2 N–H and O–H groups in total. The Balaban J connectivity index is 1.29. The van der Waals surface area contributed by atoms with Gasteiger partial charge in [0.1, 0.15) is 0 Å². The summed E-state index contributed by atoms with van der Waals surface area (Å²) < 4.78 is 16.4. The molecule has 0 atom stereocenters. The number of fused-ring (bicyclic) bond motifs is 1. The monoisotopic (exact) mass is 388 g/mol. The highest BCUT2D eigenvalue weighted by Gasteiger charge is 2.44. The van der Waals surface area contributed by atoms with Crippen LogP contribution in [0.25, 0.3) is 0 Å². The van der Waals surface area contributed by atoms with Gasteiger partial charge in [-0.15, -0.1) is 0 Å². The van der Waals surface area contributed by atoms with E-state index >= 15 is 0 Å². The normalized spacial score (nSPS) is 20.8. The molecule has 0 bridgehead atoms. The molecule has 0 aromatic heterocycles. The number of nitrogens with one attached hydrogen (secondary N) is 2. The van der Waals surface area contributed by atoms with Gasteiger partial charge in [-0.2, -0.15) is 0 Å². The first-order chi connectivity index (χ1) is 13.8. The lowest BCUT2D eigenvalue weighted by molar-refractivity contribution is 0.0376. The van der Waals surface area contributed by atoms with Crippen molar-refractivity contribution in [2.45, 2.75) is 31.6 Å². The van der Waals surface area contributed by atoms with Crippen LogP contribution in [0.5, 0.6) is 11.5 Å². The quantitative estimate of drug-likeness (QED) is 0.402. The van der Waals surface area contributed by atoms with E-state index in [2.05, 4.69) is 34.6 Å². The minimum atomic E-state index is 0.150.